The third-order valence-corrected chi connectivity index (χ3v) is 5.56. The summed E-state index contributed by atoms with van der Waals surface area (Å²) >= 11 is 7.50. The first-order valence-electron chi connectivity index (χ1n) is 8.25. The van der Waals surface area contributed by atoms with Gasteiger partial charge in [0.1, 0.15) is 0 Å². The van der Waals surface area contributed by atoms with Crippen molar-refractivity contribution in [2.24, 2.45) is 0 Å². The van der Waals surface area contributed by atoms with Gasteiger partial charge in [-0.15, -0.1) is 11.8 Å². The molecular weight excluding hydrogens is 338 g/mol. The lowest BCUT2D eigenvalue weighted by Crippen LogP contribution is -2.25. The van der Waals surface area contributed by atoms with Crippen molar-refractivity contribution >= 4 is 35.0 Å². The standard InChI is InChI=1S/C20H24ClNOS/c1-5-18(24-16-11-9-15(21)10-12-16)20(23)22-19-14(4)7-6-8-17(19)13(2)3/h6-13,18H,5H2,1-4H3,(H,22,23)/t18-/m1/s1. The predicted octanol–water partition coefficient (Wildman–Crippen LogP) is 6.28. The molecule has 0 unspecified atom stereocenters. The van der Waals surface area contributed by atoms with Crippen LogP contribution in [0.2, 0.25) is 5.02 Å². The van der Waals surface area contributed by atoms with E-state index in [0.717, 1.165) is 22.6 Å². The maximum Gasteiger partial charge on any atom is 0.237 e. The van der Waals surface area contributed by atoms with E-state index in [2.05, 4.69) is 25.2 Å². The highest BCUT2D eigenvalue weighted by atomic mass is 35.5. The second-order valence-electron chi connectivity index (χ2n) is 6.15. The molecule has 2 aromatic carbocycles. The largest absolute Gasteiger partial charge is 0.325 e. The number of anilines is 1. The molecule has 0 heterocycles. The number of thioether (sulfide) groups is 1. The topological polar surface area (TPSA) is 29.1 Å². The van der Waals surface area contributed by atoms with E-state index in [-0.39, 0.29) is 11.2 Å². The third-order valence-electron chi connectivity index (χ3n) is 3.93. The summed E-state index contributed by atoms with van der Waals surface area (Å²) in [6.07, 6.45) is 0.766. The Bertz CT molecular complexity index is 697. The molecule has 0 aliphatic heterocycles. The van der Waals surface area contributed by atoms with Crippen LogP contribution in [0.5, 0.6) is 0 Å². The maximum atomic E-state index is 12.8. The van der Waals surface area contributed by atoms with Crippen LogP contribution in [0, 0.1) is 6.92 Å². The molecule has 0 aliphatic rings. The number of benzene rings is 2. The van der Waals surface area contributed by atoms with Gasteiger partial charge in [0.05, 0.1) is 5.25 Å². The number of hydrogen-bond acceptors (Lipinski definition) is 2. The summed E-state index contributed by atoms with van der Waals surface area (Å²) in [5.41, 5.74) is 3.23. The van der Waals surface area contributed by atoms with E-state index >= 15 is 0 Å². The van der Waals surface area contributed by atoms with Gasteiger partial charge in [0, 0.05) is 15.6 Å². The van der Waals surface area contributed by atoms with Crippen molar-refractivity contribution in [2.75, 3.05) is 5.32 Å². The first-order chi connectivity index (χ1) is 11.4. The number of nitrogens with one attached hydrogen (secondary N) is 1. The fourth-order valence-corrected chi connectivity index (χ4v) is 3.63. The molecule has 0 aliphatic carbocycles. The van der Waals surface area contributed by atoms with E-state index in [1.807, 2.05) is 50.2 Å². The molecule has 4 heteroatoms. The Morgan fingerprint density at radius 3 is 2.42 bits per heavy atom. The van der Waals surface area contributed by atoms with Gasteiger partial charge >= 0.3 is 0 Å². The van der Waals surface area contributed by atoms with Gasteiger partial charge < -0.3 is 5.32 Å². The highest BCUT2D eigenvalue weighted by Gasteiger charge is 2.20. The number of para-hydroxylation sites is 1. The number of amides is 1. The highest BCUT2D eigenvalue weighted by Crippen LogP contribution is 2.31. The molecule has 0 saturated carbocycles. The zero-order valence-electron chi connectivity index (χ0n) is 14.6. The number of carbonyl (C=O) groups excluding carboxylic acids is 1. The van der Waals surface area contributed by atoms with E-state index in [0.29, 0.717) is 10.9 Å². The second kappa shape index (κ2) is 8.59. The summed E-state index contributed by atoms with van der Waals surface area (Å²) in [7, 11) is 0. The Balaban J connectivity index is 2.16. The number of rotatable bonds is 6. The van der Waals surface area contributed by atoms with Gasteiger partial charge in [-0.1, -0.05) is 50.6 Å². The molecule has 0 radical (unpaired) electrons. The summed E-state index contributed by atoms with van der Waals surface area (Å²) in [4.78, 5) is 13.8. The van der Waals surface area contributed by atoms with Crippen LogP contribution in [0.4, 0.5) is 5.69 Å². The minimum absolute atomic E-state index is 0.0497. The SMILES string of the molecule is CC[C@@H](Sc1ccc(Cl)cc1)C(=O)Nc1c(C)cccc1C(C)C. The van der Waals surface area contributed by atoms with Crippen molar-refractivity contribution in [3.63, 3.8) is 0 Å². The van der Waals surface area contributed by atoms with Crippen LogP contribution in [-0.2, 0) is 4.79 Å². The molecule has 0 spiro atoms. The van der Waals surface area contributed by atoms with Crippen molar-refractivity contribution < 1.29 is 4.79 Å². The van der Waals surface area contributed by atoms with Crippen LogP contribution < -0.4 is 5.32 Å². The van der Waals surface area contributed by atoms with Crippen LogP contribution in [-0.4, -0.2) is 11.2 Å². The summed E-state index contributed by atoms with van der Waals surface area (Å²) in [5, 5.41) is 3.73. The normalized spacial score (nSPS) is 12.2. The van der Waals surface area contributed by atoms with Crippen molar-refractivity contribution in [1.29, 1.82) is 0 Å². The average molecular weight is 362 g/mol. The molecular formula is C20H24ClNOS. The van der Waals surface area contributed by atoms with Gasteiger partial charge in [-0.05, 0) is 54.7 Å². The number of aryl methyl sites for hydroxylation is 1. The van der Waals surface area contributed by atoms with E-state index in [9.17, 15) is 4.79 Å². The molecule has 0 saturated heterocycles. The minimum Gasteiger partial charge on any atom is -0.325 e. The lowest BCUT2D eigenvalue weighted by Gasteiger charge is -2.20. The van der Waals surface area contributed by atoms with Gasteiger partial charge in [-0.3, -0.25) is 4.79 Å². The van der Waals surface area contributed by atoms with Crippen molar-refractivity contribution in [1.82, 2.24) is 0 Å². The highest BCUT2D eigenvalue weighted by molar-refractivity contribution is 8.00. The Morgan fingerprint density at radius 1 is 1.17 bits per heavy atom. The molecule has 2 nitrogen and oxygen atoms in total. The van der Waals surface area contributed by atoms with Gasteiger partial charge in [0.25, 0.3) is 0 Å². The van der Waals surface area contributed by atoms with Crippen LogP contribution in [0.3, 0.4) is 0 Å². The van der Waals surface area contributed by atoms with Gasteiger partial charge in [0.2, 0.25) is 5.91 Å². The first-order valence-corrected chi connectivity index (χ1v) is 9.50. The van der Waals surface area contributed by atoms with Gasteiger partial charge in [-0.25, -0.2) is 0 Å². The Kier molecular flexibility index (Phi) is 6.76. The van der Waals surface area contributed by atoms with Crippen molar-refractivity contribution in [3.8, 4) is 0 Å². The molecule has 1 N–H and O–H groups in total. The average Bonchev–Trinajstić information content (AvgIpc) is 2.55. The summed E-state index contributed by atoms with van der Waals surface area (Å²) in [6, 6.07) is 13.8. The lowest BCUT2D eigenvalue weighted by molar-refractivity contribution is -0.115. The van der Waals surface area contributed by atoms with E-state index in [4.69, 9.17) is 11.6 Å². The monoisotopic (exact) mass is 361 g/mol. The van der Waals surface area contributed by atoms with Crippen molar-refractivity contribution in [2.45, 2.75) is 50.2 Å². The molecule has 128 valence electrons. The molecule has 2 rings (SSSR count). The fourth-order valence-electron chi connectivity index (χ4n) is 2.55. The zero-order chi connectivity index (χ0) is 17.7. The number of halogens is 1. The first kappa shape index (κ1) is 18.9. The fraction of sp³-hybridized carbons (Fsp3) is 0.350. The van der Waals surface area contributed by atoms with Crippen molar-refractivity contribution in [3.05, 3.63) is 58.6 Å². The smallest absolute Gasteiger partial charge is 0.237 e. The number of hydrogen-bond donors (Lipinski definition) is 1. The van der Waals surface area contributed by atoms with Crippen LogP contribution in [0.25, 0.3) is 0 Å². The quantitative estimate of drug-likeness (QED) is 0.613. The summed E-state index contributed by atoms with van der Waals surface area (Å²) in [6.45, 7) is 8.36. The van der Waals surface area contributed by atoms with Gasteiger partial charge in [-0.2, -0.15) is 0 Å². The second-order valence-corrected chi connectivity index (χ2v) is 7.86. The van der Waals surface area contributed by atoms with Crippen LogP contribution >= 0.6 is 23.4 Å². The van der Waals surface area contributed by atoms with Gasteiger partial charge in [0.15, 0.2) is 0 Å². The number of carbonyl (C=O) groups is 1. The Labute approximate surface area is 154 Å². The third kappa shape index (κ3) is 4.78. The molecule has 2 aromatic rings. The summed E-state index contributed by atoms with van der Waals surface area (Å²) in [5.74, 6) is 0.415. The van der Waals surface area contributed by atoms with E-state index in [1.165, 1.54) is 5.56 Å². The van der Waals surface area contributed by atoms with E-state index < -0.39 is 0 Å². The molecule has 0 fully saturated rings. The molecule has 0 bridgehead atoms. The Morgan fingerprint density at radius 2 is 1.83 bits per heavy atom. The maximum absolute atomic E-state index is 12.8. The molecule has 24 heavy (non-hydrogen) atoms. The zero-order valence-corrected chi connectivity index (χ0v) is 16.2. The minimum atomic E-state index is -0.134. The summed E-state index contributed by atoms with van der Waals surface area (Å²) < 4.78 is 0. The van der Waals surface area contributed by atoms with Crippen LogP contribution in [0.1, 0.15) is 44.2 Å². The molecule has 0 aromatic heterocycles. The Hall–Kier alpha value is -1.45. The molecule has 1 amide bonds. The lowest BCUT2D eigenvalue weighted by atomic mass is 9.98. The van der Waals surface area contributed by atoms with Crippen LogP contribution in [0.15, 0.2) is 47.4 Å². The molecule has 1 atom stereocenters. The predicted molar refractivity (Wildman–Crippen MR) is 105 cm³/mol. The van der Waals surface area contributed by atoms with E-state index in [1.54, 1.807) is 11.8 Å².